The second-order valence-electron chi connectivity index (χ2n) is 5.61. The van der Waals surface area contributed by atoms with Crippen LogP contribution in [0, 0.1) is 5.92 Å². The summed E-state index contributed by atoms with van der Waals surface area (Å²) < 4.78 is 1.22. The van der Waals surface area contributed by atoms with E-state index in [4.69, 9.17) is 5.11 Å². The van der Waals surface area contributed by atoms with Gasteiger partial charge in [-0.15, -0.1) is 0 Å². The van der Waals surface area contributed by atoms with Crippen LogP contribution >= 0.6 is 15.9 Å². The molecule has 1 saturated heterocycles. The lowest BCUT2D eigenvalue weighted by atomic mass is 10.1. The van der Waals surface area contributed by atoms with E-state index in [2.05, 4.69) is 39.0 Å². The monoisotopic (exact) mass is 323 g/mol. The topological polar surface area (TPSA) is 40.5 Å². The lowest BCUT2D eigenvalue weighted by Crippen LogP contribution is -2.25. The fraction of sp³-hybridized carbons (Fsp3) is 0.533. The molecule has 1 N–H and O–H groups in total. The maximum atomic E-state index is 10.8. The number of likely N-dealkylation sites (tertiary alicyclic amines) is 1. The van der Waals surface area contributed by atoms with E-state index >= 15 is 0 Å². The maximum Gasteiger partial charge on any atom is 0.303 e. The lowest BCUT2D eigenvalue weighted by molar-refractivity contribution is -0.138. The van der Waals surface area contributed by atoms with Gasteiger partial charge in [0.25, 0.3) is 0 Å². The number of carbonyl (C=O) groups is 1. The molecule has 4 heteroatoms. The Labute approximate surface area is 121 Å². The SMILES string of the molecule is O=C(O)CC1CCN(C2CCc3c(Br)cccc32)C1. The molecule has 0 bridgehead atoms. The molecular weight excluding hydrogens is 306 g/mol. The largest absolute Gasteiger partial charge is 0.481 e. The van der Waals surface area contributed by atoms with Crippen molar-refractivity contribution in [1.82, 2.24) is 4.90 Å². The molecule has 1 aliphatic heterocycles. The number of carboxylic acid groups (broad SMARTS) is 1. The molecule has 2 aliphatic rings. The zero-order chi connectivity index (χ0) is 13.4. The van der Waals surface area contributed by atoms with Crippen molar-refractivity contribution in [3.05, 3.63) is 33.8 Å². The minimum Gasteiger partial charge on any atom is -0.481 e. The Hall–Kier alpha value is -0.870. The van der Waals surface area contributed by atoms with Gasteiger partial charge in [0, 0.05) is 23.5 Å². The summed E-state index contributed by atoms with van der Waals surface area (Å²) in [6.45, 7) is 1.97. The van der Waals surface area contributed by atoms with Gasteiger partial charge in [-0.25, -0.2) is 0 Å². The summed E-state index contributed by atoms with van der Waals surface area (Å²) in [6.07, 6.45) is 3.62. The van der Waals surface area contributed by atoms with Gasteiger partial charge in [-0.2, -0.15) is 0 Å². The minimum atomic E-state index is -0.665. The fourth-order valence-corrected chi connectivity index (χ4v) is 4.11. The van der Waals surface area contributed by atoms with Crippen molar-refractivity contribution in [1.29, 1.82) is 0 Å². The Balaban J connectivity index is 1.73. The normalized spacial score (nSPS) is 26.6. The smallest absolute Gasteiger partial charge is 0.303 e. The third kappa shape index (κ3) is 2.56. The molecule has 1 heterocycles. The quantitative estimate of drug-likeness (QED) is 0.928. The van der Waals surface area contributed by atoms with Crippen molar-refractivity contribution in [2.45, 2.75) is 31.7 Å². The molecule has 0 aromatic heterocycles. The molecule has 2 unspecified atom stereocenters. The van der Waals surface area contributed by atoms with Crippen molar-refractivity contribution in [2.24, 2.45) is 5.92 Å². The average Bonchev–Trinajstić information content (AvgIpc) is 2.95. The van der Waals surface area contributed by atoms with E-state index in [1.807, 2.05) is 0 Å². The lowest BCUT2D eigenvalue weighted by Gasteiger charge is -2.24. The number of rotatable bonds is 3. The van der Waals surface area contributed by atoms with E-state index in [0.717, 1.165) is 32.4 Å². The molecule has 1 aromatic rings. The van der Waals surface area contributed by atoms with Crippen molar-refractivity contribution in [3.63, 3.8) is 0 Å². The standard InChI is InChI=1S/C15H18BrNO2/c16-13-3-1-2-12-11(13)4-5-14(12)17-7-6-10(9-17)8-15(18)19/h1-3,10,14H,4-9H2,(H,18,19). The van der Waals surface area contributed by atoms with E-state index in [9.17, 15) is 4.79 Å². The fourth-order valence-electron chi connectivity index (χ4n) is 3.53. The summed E-state index contributed by atoms with van der Waals surface area (Å²) in [4.78, 5) is 13.3. The zero-order valence-electron chi connectivity index (χ0n) is 10.8. The van der Waals surface area contributed by atoms with E-state index < -0.39 is 5.97 Å². The van der Waals surface area contributed by atoms with Crippen LogP contribution in [0.1, 0.15) is 36.4 Å². The molecule has 2 atom stereocenters. The van der Waals surface area contributed by atoms with Gasteiger partial charge in [0.1, 0.15) is 0 Å². The van der Waals surface area contributed by atoms with Gasteiger partial charge in [0.2, 0.25) is 0 Å². The summed E-state index contributed by atoms with van der Waals surface area (Å²) in [5.74, 6) is -0.338. The molecule has 0 amide bonds. The summed E-state index contributed by atoms with van der Waals surface area (Å²) in [5, 5.41) is 8.89. The summed E-state index contributed by atoms with van der Waals surface area (Å²) in [5.41, 5.74) is 2.87. The molecule has 19 heavy (non-hydrogen) atoms. The Morgan fingerprint density at radius 1 is 1.42 bits per heavy atom. The van der Waals surface area contributed by atoms with Crippen LogP contribution < -0.4 is 0 Å². The van der Waals surface area contributed by atoms with Crippen molar-refractivity contribution < 1.29 is 9.90 Å². The molecule has 0 saturated carbocycles. The van der Waals surface area contributed by atoms with Crippen molar-refractivity contribution in [3.8, 4) is 0 Å². The number of hydrogen-bond donors (Lipinski definition) is 1. The Kier molecular flexibility index (Phi) is 3.63. The summed E-state index contributed by atoms with van der Waals surface area (Å²) in [7, 11) is 0. The third-order valence-electron chi connectivity index (χ3n) is 4.40. The average molecular weight is 324 g/mol. The molecule has 0 spiro atoms. The van der Waals surface area contributed by atoms with Crippen LogP contribution in [-0.2, 0) is 11.2 Å². The summed E-state index contributed by atoms with van der Waals surface area (Å²) >= 11 is 3.63. The first kappa shape index (κ1) is 13.1. The molecule has 3 nitrogen and oxygen atoms in total. The number of nitrogens with zero attached hydrogens (tertiary/aromatic N) is 1. The molecule has 1 aliphatic carbocycles. The molecule has 1 aromatic carbocycles. The van der Waals surface area contributed by atoms with Crippen LogP contribution in [0.25, 0.3) is 0 Å². The van der Waals surface area contributed by atoms with Gasteiger partial charge in [0.15, 0.2) is 0 Å². The number of hydrogen-bond acceptors (Lipinski definition) is 2. The predicted octanol–water partition coefficient (Wildman–Crippen LogP) is 3.23. The van der Waals surface area contributed by atoms with E-state index in [1.54, 1.807) is 0 Å². The second-order valence-corrected chi connectivity index (χ2v) is 6.46. The van der Waals surface area contributed by atoms with Crippen molar-refractivity contribution in [2.75, 3.05) is 13.1 Å². The van der Waals surface area contributed by atoms with Crippen LogP contribution in [0.15, 0.2) is 22.7 Å². The summed E-state index contributed by atoms with van der Waals surface area (Å²) in [6, 6.07) is 6.93. The molecule has 1 fully saturated rings. The van der Waals surface area contributed by atoms with Gasteiger partial charge in [-0.05, 0) is 48.9 Å². The van der Waals surface area contributed by atoms with E-state index in [0.29, 0.717) is 18.4 Å². The van der Waals surface area contributed by atoms with Crippen LogP contribution in [0.2, 0.25) is 0 Å². The van der Waals surface area contributed by atoms with Crippen molar-refractivity contribution >= 4 is 21.9 Å². The number of fused-ring (bicyclic) bond motifs is 1. The Bertz CT molecular complexity index is 503. The molecule has 3 rings (SSSR count). The second kappa shape index (κ2) is 5.25. The first-order valence-electron chi connectivity index (χ1n) is 6.88. The molecular formula is C15H18BrNO2. The van der Waals surface area contributed by atoms with E-state index in [1.165, 1.54) is 15.6 Å². The number of halogens is 1. The van der Waals surface area contributed by atoms with Crippen LogP contribution in [0.5, 0.6) is 0 Å². The zero-order valence-corrected chi connectivity index (χ0v) is 12.4. The minimum absolute atomic E-state index is 0.314. The number of carboxylic acids is 1. The van der Waals surface area contributed by atoms with Gasteiger partial charge in [-0.3, -0.25) is 9.69 Å². The third-order valence-corrected chi connectivity index (χ3v) is 5.15. The number of benzene rings is 1. The van der Waals surface area contributed by atoms with E-state index in [-0.39, 0.29) is 0 Å². The van der Waals surface area contributed by atoms with Crippen LogP contribution in [-0.4, -0.2) is 29.1 Å². The predicted molar refractivity (Wildman–Crippen MR) is 77.1 cm³/mol. The highest BCUT2D eigenvalue weighted by Crippen LogP contribution is 2.41. The highest BCUT2D eigenvalue weighted by atomic mass is 79.9. The highest BCUT2D eigenvalue weighted by Gasteiger charge is 2.34. The first-order chi connectivity index (χ1) is 9.15. The van der Waals surface area contributed by atoms with Crippen LogP contribution in [0.4, 0.5) is 0 Å². The van der Waals surface area contributed by atoms with Gasteiger partial charge in [-0.1, -0.05) is 28.1 Å². The molecule has 0 radical (unpaired) electrons. The first-order valence-corrected chi connectivity index (χ1v) is 7.67. The van der Waals surface area contributed by atoms with Crippen LogP contribution in [0.3, 0.4) is 0 Å². The van der Waals surface area contributed by atoms with Gasteiger partial charge >= 0.3 is 5.97 Å². The highest BCUT2D eigenvalue weighted by molar-refractivity contribution is 9.10. The maximum absolute atomic E-state index is 10.8. The number of aliphatic carboxylic acids is 1. The Morgan fingerprint density at radius 2 is 2.26 bits per heavy atom. The van der Waals surface area contributed by atoms with Gasteiger partial charge in [0.05, 0.1) is 0 Å². The molecule has 102 valence electrons. The Morgan fingerprint density at radius 3 is 3.05 bits per heavy atom. The van der Waals surface area contributed by atoms with Gasteiger partial charge < -0.3 is 5.11 Å².